The highest BCUT2D eigenvalue weighted by Crippen LogP contribution is 2.30. The molecular weight excluding hydrogens is 430 g/mol. The van der Waals surface area contributed by atoms with E-state index in [9.17, 15) is 18.0 Å². The minimum atomic E-state index is -3.84. The van der Waals surface area contributed by atoms with Crippen molar-refractivity contribution >= 4 is 38.3 Å². The van der Waals surface area contributed by atoms with Crippen molar-refractivity contribution in [1.82, 2.24) is 9.29 Å². The van der Waals surface area contributed by atoms with Gasteiger partial charge in [-0.15, -0.1) is 0 Å². The van der Waals surface area contributed by atoms with Gasteiger partial charge in [-0.2, -0.15) is 4.31 Å². The van der Waals surface area contributed by atoms with Crippen molar-refractivity contribution < 1.29 is 22.7 Å². The van der Waals surface area contributed by atoms with Crippen molar-refractivity contribution in [3.8, 4) is 5.75 Å². The number of ketones is 1. The molecule has 0 radical (unpaired) electrons. The quantitative estimate of drug-likeness (QED) is 0.376. The first-order valence-corrected chi connectivity index (χ1v) is 11.9. The van der Waals surface area contributed by atoms with Crippen molar-refractivity contribution in [2.45, 2.75) is 32.6 Å². The third kappa shape index (κ3) is 4.39. The van der Waals surface area contributed by atoms with Crippen LogP contribution in [0.15, 0.2) is 47.4 Å². The van der Waals surface area contributed by atoms with Gasteiger partial charge in [0, 0.05) is 35.4 Å². The van der Waals surface area contributed by atoms with E-state index in [-0.39, 0.29) is 22.9 Å². The summed E-state index contributed by atoms with van der Waals surface area (Å²) in [4.78, 5) is 28.7. The normalized spacial score (nSPS) is 11.7. The smallest absolute Gasteiger partial charge is 0.296 e. The lowest BCUT2D eigenvalue weighted by molar-refractivity contribution is -0.112. The maximum absolute atomic E-state index is 13.1. The Hall–Kier alpha value is -3.17. The average Bonchev–Trinajstić information content (AvgIpc) is 3.10. The van der Waals surface area contributed by atoms with Crippen LogP contribution in [-0.4, -0.2) is 49.1 Å². The minimum Gasteiger partial charge on any atom is -0.492 e. The van der Waals surface area contributed by atoms with Crippen molar-refractivity contribution in [2.24, 2.45) is 0 Å². The van der Waals surface area contributed by atoms with Crippen molar-refractivity contribution in [3.05, 3.63) is 53.7 Å². The monoisotopic (exact) mass is 457 g/mol. The highest BCUT2D eigenvalue weighted by atomic mass is 32.2. The van der Waals surface area contributed by atoms with Crippen molar-refractivity contribution in [2.75, 3.05) is 25.0 Å². The zero-order chi connectivity index (χ0) is 23.5. The molecule has 2 N–H and O–H groups in total. The van der Waals surface area contributed by atoms with Crippen LogP contribution < -0.4 is 10.1 Å². The number of aromatic nitrogens is 1. The van der Waals surface area contributed by atoms with Gasteiger partial charge in [-0.1, -0.05) is 32.0 Å². The third-order valence-electron chi connectivity index (χ3n) is 5.15. The number of nitrogens with zero attached hydrogens (tertiary/aromatic N) is 1. The molecule has 0 aliphatic carbocycles. The Morgan fingerprint density at radius 1 is 1.06 bits per heavy atom. The number of anilines is 1. The number of hydrogen-bond donors (Lipinski definition) is 2. The molecule has 0 fully saturated rings. The fraction of sp³-hybridized carbons (Fsp3) is 0.304. The molecule has 0 spiro atoms. The van der Waals surface area contributed by atoms with Crippen LogP contribution >= 0.6 is 0 Å². The second-order valence-electron chi connectivity index (χ2n) is 7.14. The van der Waals surface area contributed by atoms with E-state index in [2.05, 4.69) is 10.3 Å². The number of amides is 1. The summed E-state index contributed by atoms with van der Waals surface area (Å²) in [5.74, 6) is -1.37. The van der Waals surface area contributed by atoms with Gasteiger partial charge >= 0.3 is 0 Å². The number of nitrogens with one attached hydrogen (secondary N) is 2. The second kappa shape index (κ2) is 9.54. The summed E-state index contributed by atoms with van der Waals surface area (Å²) in [5, 5.41) is 3.19. The lowest BCUT2D eigenvalue weighted by Crippen LogP contribution is -2.31. The first-order valence-electron chi connectivity index (χ1n) is 10.4. The highest BCUT2D eigenvalue weighted by Gasteiger charge is 2.27. The van der Waals surface area contributed by atoms with E-state index in [1.165, 1.54) is 22.5 Å². The SMILES string of the molecule is CCOc1ccc(NC(=O)C(=O)c2c(C)[nH]c3ccccc23)cc1S(=O)(=O)N(CC)CC. The first kappa shape index (κ1) is 23.5. The molecule has 9 heteroatoms. The predicted molar refractivity (Wildman–Crippen MR) is 124 cm³/mol. The summed E-state index contributed by atoms with van der Waals surface area (Å²) in [7, 11) is -3.84. The largest absolute Gasteiger partial charge is 0.492 e. The van der Waals surface area contributed by atoms with Gasteiger partial charge in [0.2, 0.25) is 10.0 Å². The van der Waals surface area contributed by atoms with Gasteiger partial charge in [0.25, 0.3) is 11.7 Å². The van der Waals surface area contributed by atoms with Crippen LogP contribution in [0.3, 0.4) is 0 Å². The molecule has 1 amide bonds. The number of carbonyl (C=O) groups is 2. The zero-order valence-electron chi connectivity index (χ0n) is 18.6. The van der Waals surface area contributed by atoms with Gasteiger partial charge in [0.15, 0.2) is 0 Å². The van der Waals surface area contributed by atoms with Crippen LogP contribution in [0.2, 0.25) is 0 Å². The summed E-state index contributed by atoms with van der Waals surface area (Å²) in [5.41, 5.74) is 1.83. The van der Waals surface area contributed by atoms with E-state index in [1.807, 2.05) is 12.1 Å². The standard InChI is InChI=1S/C23H27N3O5S/c1-5-26(6-2)32(29,30)20-14-16(12-13-19(20)31-7-3)25-23(28)22(27)21-15(4)24-18-11-9-8-10-17(18)21/h8-14,24H,5-7H2,1-4H3,(H,25,28). The van der Waals surface area contributed by atoms with Gasteiger partial charge < -0.3 is 15.0 Å². The molecule has 0 saturated heterocycles. The lowest BCUT2D eigenvalue weighted by Gasteiger charge is -2.21. The number of fused-ring (bicyclic) bond motifs is 1. The molecule has 0 atom stereocenters. The molecule has 32 heavy (non-hydrogen) atoms. The van der Waals surface area contributed by atoms with Gasteiger partial charge in [-0.3, -0.25) is 9.59 Å². The Morgan fingerprint density at radius 3 is 2.41 bits per heavy atom. The average molecular weight is 458 g/mol. The molecule has 8 nitrogen and oxygen atoms in total. The molecule has 3 rings (SSSR count). The number of Topliss-reactive ketones (excluding diaryl/α,β-unsaturated/α-hetero) is 1. The fourth-order valence-electron chi connectivity index (χ4n) is 3.64. The summed E-state index contributed by atoms with van der Waals surface area (Å²) >= 11 is 0. The molecule has 0 aliphatic heterocycles. The van der Waals surface area contributed by atoms with Crippen LogP contribution in [0.5, 0.6) is 5.75 Å². The Morgan fingerprint density at radius 2 is 1.75 bits per heavy atom. The summed E-state index contributed by atoms with van der Waals surface area (Å²) in [6, 6.07) is 11.5. The molecule has 3 aromatic rings. The Bertz CT molecular complexity index is 1260. The molecule has 0 bridgehead atoms. The number of ether oxygens (including phenoxy) is 1. The molecule has 0 aliphatic rings. The molecule has 0 unspecified atom stereocenters. The first-order chi connectivity index (χ1) is 15.2. The second-order valence-corrected chi connectivity index (χ2v) is 9.04. The molecule has 170 valence electrons. The molecule has 1 aromatic heterocycles. The Kier molecular flexibility index (Phi) is 7.00. The number of carbonyl (C=O) groups excluding carboxylic acids is 2. The number of H-pyrrole nitrogens is 1. The van der Waals surface area contributed by atoms with Crippen molar-refractivity contribution in [1.29, 1.82) is 0 Å². The summed E-state index contributed by atoms with van der Waals surface area (Å²) < 4.78 is 33.0. The number of rotatable bonds is 9. The van der Waals surface area contributed by atoms with E-state index in [0.717, 1.165) is 5.52 Å². The van der Waals surface area contributed by atoms with E-state index < -0.39 is 21.7 Å². The van der Waals surface area contributed by atoms with E-state index in [0.29, 0.717) is 29.7 Å². The lowest BCUT2D eigenvalue weighted by atomic mass is 10.1. The maximum Gasteiger partial charge on any atom is 0.296 e. The molecule has 2 aromatic carbocycles. The van der Waals surface area contributed by atoms with Crippen LogP contribution in [0.25, 0.3) is 10.9 Å². The molecule has 1 heterocycles. The maximum atomic E-state index is 13.1. The van der Waals surface area contributed by atoms with Crippen LogP contribution in [0.4, 0.5) is 5.69 Å². The minimum absolute atomic E-state index is 0.0587. The van der Waals surface area contributed by atoms with Gasteiger partial charge in [0.1, 0.15) is 10.6 Å². The Balaban J connectivity index is 1.96. The summed E-state index contributed by atoms with van der Waals surface area (Å²) in [6.45, 7) is 7.84. The number of hydrogen-bond acceptors (Lipinski definition) is 5. The van der Waals surface area contributed by atoms with Gasteiger partial charge in [-0.25, -0.2) is 8.42 Å². The van der Waals surface area contributed by atoms with Crippen molar-refractivity contribution in [3.63, 3.8) is 0 Å². The van der Waals surface area contributed by atoms with Gasteiger partial charge in [-0.05, 0) is 38.1 Å². The Labute approximate surface area is 187 Å². The van der Waals surface area contributed by atoms with E-state index >= 15 is 0 Å². The number of para-hydroxylation sites is 1. The van der Waals surface area contributed by atoms with E-state index in [4.69, 9.17) is 4.74 Å². The topological polar surface area (TPSA) is 109 Å². The van der Waals surface area contributed by atoms with Crippen LogP contribution in [0, 0.1) is 6.92 Å². The van der Waals surface area contributed by atoms with Crippen LogP contribution in [0.1, 0.15) is 36.8 Å². The number of aryl methyl sites for hydroxylation is 1. The summed E-state index contributed by atoms with van der Waals surface area (Å²) in [6.07, 6.45) is 0. The van der Waals surface area contributed by atoms with Gasteiger partial charge in [0.05, 0.1) is 12.2 Å². The van der Waals surface area contributed by atoms with Crippen LogP contribution in [-0.2, 0) is 14.8 Å². The molecular formula is C23H27N3O5S. The number of sulfonamides is 1. The highest BCUT2D eigenvalue weighted by molar-refractivity contribution is 7.89. The molecule has 0 saturated carbocycles. The number of benzene rings is 2. The zero-order valence-corrected chi connectivity index (χ0v) is 19.4. The fourth-order valence-corrected chi connectivity index (χ4v) is 5.25. The van der Waals surface area contributed by atoms with E-state index in [1.54, 1.807) is 39.8 Å². The number of aromatic amines is 1. The third-order valence-corrected chi connectivity index (χ3v) is 7.22. The predicted octanol–water partition coefficient (Wildman–Crippen LogP) is 3.73.